The third-order valence-corrected chi connectivity index (χ3v) is 3.10. The van der Waals surface area contributed by atoms with Crippen LogP contribution < -0.4 is 5.32 Å². The molecule has 0 bridgehead atoms. The van der Waals surface area contributed by atoms with E-state index in [1.54, 1.807) is 6.92 Å². The lowest BCUT2D eigenvalue weighted by Gasteiger charge is -2.24. The van der Waals surface area contributed by atoms with Gasteiger partial charge in [0, 0.05) is 0 Å². The first-order valence-corrected chi connectivity index (χ1v) is 6.36. The zero-order valence-corrected chi connectivity index (χ0v) is 11.8. The van der Waals surface area contributed by atoms with Crippen LogP contribution >= 0.6 is 0 Å². The van der Waals surface area contributed by atoms with Crippen molar-refractivity contribution in [1.29, 1.82) is 0 Å². The monoisotopic (exact) mass is 313 g/mol. The van der Waals surface area contributed by atoms with Gasteiger partial charge in [0.15, 0.2) is 0 Å². The number of nitrogens with one attached hydrogen (secondary N) is 1. The topological polar surface area (TPSA) is 84.9 Å². The van der Waals surface area contributed by atoms with Gasteiger partial charge in [0.05, 0.1) is 12.2 Å². The fraction of sp³-hybridized carbons (Fsp3) is 0.286. The van der Waals surface area contributed by atoms with Gasteiger partial charge in [-0.05, 0) is 26.0 Å². The summed E-state index contributed by atoms with van der Waals surface area (Å²) in [5.41, 5.74) is -2.79. The molecule has 8 heteroatoms. The Morgan fingerprint density at radius 3 is 2.55 bits per heavy atom. The number of alkyl carbamates (subject to hydrolysis) is 1. The number of carbonyl (C=O) groups is 2. The van der Waals surface area contributed by atoms with Gasteiger partial charge in [-0.3, -0.25) is 10.1 Å². The van der Waals surface area contributed by atoms with Gasteiger partial charge in [-0.25, -0.2) is 13.6 Å². The largest absolute Gasteiger partial charge is 0.501 e. The Morgan fingerprint density at radius 1 is 1.41 bits per heavy atom. The van der Waals surface area contributed by atoms with Gasteiger partial charge in [0.1, 0.15) is 11.6 Å². The number of amides is 1. The summed E-state index contributed by atoms with van der Waals surface area (Å²) in [4.78, 5) is 23.4. The number of benzene rings is 1. The number of ether oxygens (including phenoxy) is 2. The van der Waals surface area contributed by atoms with Gasteiger partial charge in [-0.15, -0.1) is 0 Å². The maximum Gasteiger partial charge on any atom is 0.414 e. The first-order valence-electron chi connectivity index (χ1n) is 6.36. The third-order valence-electron chi connectivity index (χ3n) is 3.10. The number of Topliss-reactive ketones (excluding diaryl/α,β-unsaturated/α-hetero) is 1. The Balaban J connectivity index is 2.37. The number of aliphatic hydroxyl groups is 1. The normalized spacial score (nSPS) is 20.8. The quantitative estimate of drug-likeness (QED) is 0.894. The molecule has 2 rings (SSSR count). The molecule has 118 valence electrons. The van der Waals surface area contributed by atoms with Crippen LogP contribution in [0.2, 0.25) is 0 Å². The molecule has 1 heterocycles. The van der Waals surface area contributed by atoms with Crippen LogP contribution in [0.4, 0.5) is 13.6 Å². The van der Waals surface area contributed by atoms with E-state index in [2.05, 4.69) is 4.74 Å². The number of hydrogen-bond donors (Lipinski definition) is 2. The standard InChI is InChI=1S/C14H13F2NO5/c1-3-21-13(20)17-12-10(18)11(19)14(2,22-12)9-7(15)5-4-6-8(9)16/h4-6,18H,3H2,1-2H3,(H,17,20). The average molecular weight is 313 g/mol. The van der Waals surface area contributed by atoms with Crippen molar-refractivity contribution in [1.82, 2.24) is 5.32 Å². The minimum Gasteiger partial charge on any atom is -0.501 e. The smallest absolute Gasteiger partial charge is 0.414 e. The second-order valence-corrected chi connectivity index (χ2v) is 4.58. The van der Waals surface area contributed by atoms with E-state index in [1.165, 1.54) is 0 Å². The van der Waals surface area contributed by atoms with Crippen molar-refractivity contribution in [3.05, 3.63) is 47.0 Å². The highest BCUT2D eigenvalue weighted by Gasteiger charge is 2.51. The number of rotatable bonds is 3. The fourth-order valence-electron chi connectivity index (χ4n) is 2.09. The molecule has 0 aliphatic carbocycles. The zero-order chi connectivity index (χ0) is 16.5. The van der Waals surface area contributed by atoms with Gasteiger partial charge in [-0.1, -0.05) is 6.07 Å². The SMILES string of the molecule is CCOC(=O)NC1=C(O)C(=O)C(C)(c2c(F)cccc2F)O1. The molecule has 1 atom stereocenters. The Bertz CT molecular complexity index is 653. The Morgan fingerprint density at radius 2 is 2.00 bits per heavy atom. The van der Waals surface area contributed by atoms with Crippen LogP contribution in [0.25, 0.3) is 0 Å². The molecule has 1 unspecified atom stereocenters. The van der Waals surface area contributed by atoms with Gasteiger partial charge < -0.3 is 14.6 Å². The average Bonchev–Trinajstić information content (AvgIpc) is 2.64. The molecule has 0 radical (unpaired) electrons. The summed E-state index contributed by atoms with van der Waals surface area (Å²) in [6.45, 7) is 2.69. The van der Waals surface area contributed by atoms with Crippen molar-refractivity contribution in [2.75, 3.05) is 6.61 Å². The highest BCUT2D eigenvalue weighted by atomic mass is 19.1. The molecular weight excluding hydrogens is 300 g/mol. The number of halogens is 2. The summed E-state index contributed by atoms with van der Waals surface area (Å²) < 4.78 is 37.4. The Kier molecular flexibility index (Phi) is 4.03. The molecule has 0 saturated carbocycles. The number of carbonyl (C=O) groups excluding carboxylic acids is 2. The van der Waals surface area contributed by atoms with Crippen molar-refractivity contribution in [2.24, 2.45) is 0 Å². The van der Waals surface area contributed by atoms with E-state index in [4.69, 9.17) is 4.74 Å². The molecule has 0 fully saturated rings. The Labute approximate surface area is 124 Å². The van der Waals surface area contributed by atoms with E-state index < -0.39 is 46.3 Å². The molecule has 6 nitrogen and oxygen atoms in total. The lowest BCUT2D eigenvalue weighted by Crippen LogP contribution is -2.34. The van der Waals surface area contributed by atoms with Crippen molar-refractivity contribution < 1.29 is 33.0 Å². The van der Waals surface area contributed by atoms with Crippen LogP contribution in [0.3, 0.4) is 0 Å². The molecule has 22 heavy (non-hydrogen) atoms. The minimum atomic E-state index is -2.13. The molecule has 0 aromatic heterocycles. The summed E-state index contributed by atoms with van der Waals surface area (Å²) in [5.74, 6) is -4.67. The maximum absolute atomic E-state index is 13.9. The van der Waals surface area contributed by atoms with Crippen molar-refractivity contribution in [2.45, 2.75) is 19.4 Å². The summed E-state index contributed by atoms with van der Waals surface area (Å²) >= 11 is 0. The van der Waals surface area contributed by atoms with Crippen LogP contribution in [-0.2, 0) is 19.9 Å². The molecule has 1 amide bonds. The number of ketones is 1. The van der Waals surface area contributed by atoms with E-state index >= 15 is 0 Å². The highest BCUT2D eigenvalue weighted by Crippen LogP contribution is 2.39. The van der Waals surface area contributed by atoms with Crippen LogP contribution in [0.1, 0.15) is 19.4 Å². The molecule has 2 N–H and O–H groups in total. The molecular formula is C14H13F2NO5. The van der Waals surface area contributed by atoms with Gasteiger partial charge >= 0.3 is 6.09 Å². The molecule has 1 aliphatic heterocycles. The summed E-state index contributed by atoms with van der Waals surface area (Å²) in [6.07, 6.45) is -0.977. The molecule has 1 aromatic carbocycles. The van der Waals surface area contributed by atoms with Gasteiger partial charge in [0.25, 0.3) is 5.78 Å². The summed E-state index contributed by atoms with van der Waals surface area (Å²) in [5, 5.41) is 11.7. The predicted molar refractivity (Wildman–Crippen MR) is 69.6 cm³/mol. The lowest BCUT2D eigenvalue weighted by atomic mass is 9.90. The summed E-state index contributed by atoms with van der Waals surface area (Å²) in [7, 11) is 0. The van der Waals surface area contributed by atoms with Crippen molar-refractivity contribution >= 4 is 11.9 Å². The van der Waals surface area contributed by atoms with E-state index in [9.17, 15) is 23.5 Å². The van der Waals surface area contributed by atoms with Gasteiger partial charge in [0.2, 0.25) is 17.2 Å². The van der Waals surface area contributed by atoms with E-state index in [1.807, 2.05) is 5.32 Å². The predicted octanol–water partition coefficient (Wildman–Crippen LogP) is 2.25. The number of hydrogen-bond acceptors (Lipinski definition) is 5. The second kappa shape index (κ2) is 5.63. The first-order chi connectivity index (χ1) is 10.3. The number of aliphatic hydroxyl groups excluding tert-OH is 1. The second-order valence-electron chi connectivity index (χ2n) is 4.58. The Hall–Kier alpha value is -2.64. The van der Waals surface area contributed by atoms with Crippen LogP contribution in [0.5, 0.6) is 0 Å². The van der Waals surface area contributed by atoms with E-state index in [-0.39, 0.29) is 6.61 Å². The van der Waals surface area contributed by atoms with Crippen LogP contribution in [0, 0.1) is 11.6 Å². The molecule has 0 saturated heterocycles. The highest BCUT2D eigenvalue weighted by molar-refractivity contribution is 6.03. The van der Waals surface area contributed by atoms with Crippen LogP contribution in [0.15, 0.2) is 29.8 Å². The van der Waals surface area contributed by atoms with E-state index in [0.29, 0.717) is 0 Å². The van der Waals surface area contributed by atoms with Crippen LogP contribution in [-0.4, -0.2) is 23.6 Å². The van der Waals surface area contributed by atoms with Gasteiger partial charge in [-0.2, -0.15) is 0 Å². The zero-order valence-electron chi connectivity index (χ0n) is 11.8. The van der Waals surface area contributed by atoms with Crippen molar-refractivity contribution in [3.63, 3.8) is 0 Å². The third kappa shape index (κ3) is 2.47. The summed E-state index contributed by atoms with van der Waals surface area (Å²) in [6, 6.07) is 3.03. The first kappa shape index (κ1) is 15.7. The van der Waals surface area contributed by atoms with E-state index in [0.717, 1.165) is 25.1 Å². The molecule has 1 aliphatic rings. The molecule has 1 aromatic rings. The fourth-order valence-corrected chi connectivity index (χ4v) is 2.09. The lowest BCUT2D eigenvalue weighted by molar-refractivity contribution is -0.132. The molecule has 0 spiro atoms. The maximum atomic E-state index is 13.9. The van der Waals surface area contributed by atoms with Crippen molar-refractivity contribution in [3.8, 4) is 0 Å². The minimum absolute atomic E-state index is 0.0486.